The molecule has 1 aromatic carbocycles. The second kappa shape index (κ2) is 5.26. The van der Waals surface area contributed by atoms with E-state index in [0.29, 0.717) is 11.5 Å². The van der Waals surface area contributed by atoms with Crippen molar-refractivity contribution in [2.45, 2.75) is 19.5 Å². The zero-order valence-electron chi connectivity index (χ0n) is 13.3. The third kappa shape index (κ3) is 2.46. The van der Waals surface area contributed by atoms with E-state index in [9.17, 15) is 4.39 Å². The van der Waals surface area contributed by atoms with Gasteiger partial charge in [0.1, 0.15) is 11.2 Å². The number of anilines is 2. The highest BCUT2D eigenvalue weighted by Gasteiger charge is 2.23. The molecule has 4 rings (SSSR count). The molecule has 3 aromatic heterocycles. The van der Waals surface area contributed by atoms with Crippen LogP contribution in [0.25, 0.3) is 21.8 Å². The fraction of sp³-hybridized carbons (Fsp3) is 0.167. The quantitative estimate of drug-likeness (QED) is 0.585. The molecule has 0 bridgehead atoms. The molecule has 0 amide bonds. The maximum Gasteiger partial charge on any atom is 0.178 e. The Hall–Kier alpha value is -3.02. The van der Waals surface area contributed by atoms with Crippen LogP contribution < -0.4 is 5.32 Å². The first kappa shape index (κ1) is 14.6. The van der Waals surface area contributed by atoms with E-state index in [4.69, 9.17) is 0 Å². The Morgan fingerprint density at radius 2 is 1.96 bits per heavy atom. The first-order chi connectivity index (χ1) is 11.5. The summed E-state index contributed by atoms with van der Waals surface area (Å²) in [7, 11) is 0. The lowest BCUT2D eigenvalue weighted by Crippen LogP contribution is -2.12. The number of H-pyrrole nitrogens is 1. The monoisotopic (exact) mass is 321 g/mol. The molecule has 0 saturated heterocycles. The van der Waals surface area contributed by atoms with E-state index in [1.165, 1.54) is 13.8 Å². The molecule has 0 aliphatic carbocycles. The lowest BCUT2D eigenvalue weighted by atomic mass is 9.99. The molecule has 6 heteroatoms. The van der Waals surface area contributed by atoms with Gasteiger partial charge in [-0.1, -0.05) is 6.07 Å². The normalized spacial score (nSPS) is 12.0. The highest BCUT2D eigenvalue weighted by Crippen LogP contribution is 2.31. The topological polar surface area (TPSA) is 66.5 Å². The average Bonchev–Trinajstić information content (AvgIpc) is 2.96. The molecule has 2 N–H and O–H groups in total. The Kier molecular flexibility index (Phi) is 3.19. The number of alkyl halides is 1. The first-order valence-electron chi connectivity index (χ1n) is 7.67. The van der Waals surface area contributed by atoms with Gasteiger partial charge in [0, 0.05) is 23.5 Å². The number of nitrogens with zero attached hydrogens (tertiary/aromatic N) is 3. The molecule has 0 aliphatic rings. The highest BCUT2D eigenvalue weighted by molar-refractivity contribution is 5.91. The van der Waals surface area contributed by atoms with E-state index < -0.39 is 5.67 Å². The van der Waals surface area contributed by atoms with Crippen molar-refractivity contribution in [3.63, 3.8) is 0 Å². The predicted octanol–water partition coefficient (Wildman–Crippen LogP) is 4.45. The third-order valence-electron chi connectivity index (χ3n) is 3.91. The molecule has 0 unspecified atom stereocenters. The number of pyridine rings is 2. The van der Waals surface area contributed by atoms with Crippen molar-refractivity contribution in [1.82, 2.24) is 20.2 Å². The molecule has 3 heterocycles. The number of hydrogen-bond acceptors (Lipinski definition) is 4. The standard InChI is InChI=1S/C18H16FN5/c1-18(2,19)16-13-6-5-12(10-11(13)7-9-21-16)22-17-15-14(23-24-17)4-3-8-20-15/h3-10H,1-2H3,(H2,22,23,24). The minimum atomic E-state index is -1.49. The number of aromatic amines is 1. The first-order valence-corrected chi connectivity index (χ1v) is 7.67. The van der Waals surface area contributed by atoms with Gasteiger partial charge in [0.15, 0.2) is 5.82 Å². The lowest BCUT2D eigenvalue weighted by molar-refractivity contribution is 0.217. The van der Waals surface area contributed by atoms with Gasteiger partial charge in [0.05, 0.1) is 11.2 Å². The predicted molar refractivity (Wildman–Crippen MR) is 93.0 cm³/mol. The van der Waals surface area contributed by atoms with E-state index in [1.54, 1.807) is 12.4 Å². The number of nitrogens with one attached hydrogen (secondary N) is 2. The van der Waals surface area contributed by atoms with Gasteiger partial charge in [-0.25, -0.2) is 4.39 Å². The van der Waals surface area contributed by atoms with Crippen molar-refractivity contribution < 1.29 is 4.39 Å². The summed E-state index contributed by atoms with van der Waals surface area (Å²) in [4.78, 5) is 8.53. The summed E-state index contributed by atoms with van der Waals surface area (Å²) in [5.74, 6) is 0.657. The maximum atomic E-state index is 14.3. The van der Waals surface area contributed by atoms with Crippen LogP contribution in [0.3, 0.4) is 0 Å². The molecule has 5 nitrogen and oxygen atoms in total. The van der Waals surface area contributed by atoms with Crippen LogP contribution in [0.1, 0.15) is 19.5 Å². The van der Waals surface area contributed by atoms with Gasteiger partial charge in [0.2, 0.25) is 0 Å². The number of fused-ring (bicyclic) bond motifs is 2. The summed E-state index contributed by atoms with van der Waals surface area (Å²) in [6.45, 7) is 3.03. The number of halogens is 1. The van der Waals surface area contributed by atoms with Crippen molar-refractivity contribution in [2.75, 3.05) is 5.32 Å². The van der Waals surface area contributed by atoms with Gasteiger partial charge in [-0.2, -0.15) is 5.10 Å². The third-order valence-corrected chi connectivity index (χ3v) is 3.91. The largest absolute Gasteiger partial charge is 0.337 e. The molecule has 24 heavy (non-hydrogen) atoms. The van der Waals surface area contributed by atoms with Crippen LogP contribution in [0, 0.1) is 0 Å². The molecule has 120 valence electrons. The number of benzene rings is 1. The number of aromatic nitrogens is 4. The van der Waals surface area contributed by atoms with E-state index in [1.807, 2.05) is 36.4 Å². The fourth-order valence-corrected chi connectivity index (χ4v) is 2.81. The minimum Gasteiger partial charge on any atom is -0.337 e. The van der Waals surface area contributed by atoms with Crippen molar-refractivity contribution in [3.8, 4) is 0 Å². The van der Waals surface area contributed by atoms with Crippen molar-refractivity contribution in [3.05, 3.63) is 54.5 Å². The summed E-state index contributed by atoms with van der Waals surface area (Å²) in [6.07, 6.45) is 3.36. The van der Waals surface area contributed by atoms with Gasteiger partial charge in [0.25, 0.3) is 0 Å². The van der Waals surface area contributed by atoms with Crippen LogP contribution in [0.15, 0.2) is 48.8 Å². The molecule has 0 aliphatic heterocycles. The van der Waals surface area contributed by atoms with Crippen LogP contribution in [-0.4, -0.2) is 20.2 Å². The second-order valence-electron chi connectivity index (χ2n) is 6.16. The van der Waals surface area contributed by atoms with E-state index in [2.05, 4.69) is 25.5 Å². The molecule has 0 atom stereocenters. The summed E-state index contributed by atoms with van der Waals surface area (Å²) in [6, 6.07) is 11.4. The summed E-state index contributed by atoms with van der Waals surface area (Å²) in [5.41, 5.74) is 1.45. The Morgan fingerprint density at radius 3 is 2.79 bits per heavy atom. The number of hydrogen-bond donors (Lipinski definition) is 2. The minimum absolute atomic E-state index is 0.443. The van der Waals surface area contributed by atoms with E-state index >= 15 is 0 Å². The molecule has 4 aromatic rings. The summed E-state index contributed by atoms with van der Waals surface area (Å²) in [5, 5.41) is 12.2. The summed E-state index contributed by atoms with van der Waals surface area (Å²) >= 11 is 0. The highest BCUT2D eigenvalue weighted by atomic mass is 19.1. The molecule has 0 radical (unpaired) electrons. The molecule has 0 spiro atoms. The van der Waals surface area contributed by atoms with Crippen LogP contribution in [0.4, 0.5) is 15.9 Å². The Labute approximate surface area is 137 Å². The van der Waals surface area contributed by atoms with Gasteiger partial charge in [-0.3, -0.25) is 15.1 Å². The molecular weight excluding hydrogens is 305 g/mol. The molecule has 0 fully saturated rings. The molecule has 0 saturated carbocycles. The summed E-state index contributed by atoms with van der Waals surface area (Å²) < 4.78 is 14.3. The van der Waals surface area contributed by atoms with Gasteiger partial charge >= 0.3 is 0 Å². The molecular formula is C18H16FN5. The zero-order valence-corrected chi connectivity index (χ0v) is 13.3. The van der Waals surface area contributed by atoms with Crippen molar-refractivity contribution in [1.29, 1.82) is 0 Å². The second-order valence-corrected chi connectivity index (χ2v) is 6.16. The average molecular weight is 321 g/mol. The van der Waals surface area contributed by atoms with Crippen molar-refractivity contribution in [2.24, 2.45) is 0 Å². The van der Waals surface area contributed by atoms with E-state index in [0.717, 1.165) is 27.5 Å². The lowest BCUT2D eigenvalue weighted by Gasteiger charge is -2.16. The van der Waals surface area contributed by atoms with Crippen LogP contribution >= 0.6 is 0 Å². The van der Waals surface area contributed by atoms with Crippen LogP contribution in [0.2, 0.25) is 0 Å². The van der Waals surface area contributed by atoms with E-state index in [-0.39, 0.29) is 0 Å². The fourth-order valence-electron chi connectivity index (χ4n) is 2.81. The number of rotatable bonds is 3. The van der Waals surface area contributed by atoms with Gasteiger partial charge in [-0.15, -0.1) is 0 Å². The van der Waals surface area contributed by atoms with Gasteiger partial charge in [-0.05, 0) is 49.6 Å². The SMILES string of the molecule is CC(C)(F)c1nccc2cc(Nc3n[nH]c4cccnc34)ccc12. The van der Waals surface area contributed by atoms with Crippen LogP contribution in [-0.2, 0) is 5.67 Å². The van der Waals surface area contributed by atoms with Gasteiger partial charge < -0.3 is 5.32 Å². The smallest absolute Gasteiger partial charge is 0.178 e. The Bertz CT molecular complexity index is 1030. The van der Waals surface area contributed by atoms with Crippen LogP contribution in [0.5, 0.6) is 0 Å². The Balaban J connectivity index is 1.76. The zero-order chi connectivity index (χ0) is 16.7. The maximum absolute atomic E-state index is 14.3. The van der Waals surface area contributed by atoms with Crippen molar-refractivity contribution >= 4 is 33.3 Å². The Morgan fingerprint density at radius 1 is 1.08 bits per heavy atom.